The Morgan fingerprint density at radius 2 is 2.00 bits per heavy atom. The first-order valence-electron chi connectivity index (χ1n) is 6.33. The van der Waals surface area contributed by atoms with E-state index in [-0.39, 0.29) is 24.1 Å². The quantitative estimate of drug-likeness (QED) is 0.642. The van der Waals surface area contributed by atoms with Crippen LogP contribution in [-0.2, 0) is 4.79 Å². The fourth-order valence-corrected chi connectivity index (χ4v) is 1.93. The van der Waals surface area contributed by atoms with Gasteiger partial charge in [-0.1, -0.05) is 0 Å². The first-order valence-corrected chi connectivity index (χ1v) is 7.12. The Labute approximate surface area is 129 Å². The number of benzene rings is 1. The van der Waals surface area contributed by atoms with Gasteiger partial charge in [-0.25, -0.2) is 9.59 Å². The summed E-state index contributed by atoms with van der Waals surface area (Å²) in [5.74, 6) is -1.33. The maximum Gasteiger partial charge on any atom is 0.335 e. The molecular formula is C13H14BrN3O4. The number of carboxylic acids is 1. The highest BCUT2D eigenvalue weighted by molar-refractivity contribution is 9.10. The minimum atomic E-state index is -1.09. The monoisotopic (exact) mass is 355 g/mol. The second-order valence-corrected chi connectivity index (χ2v) is 5.50. The van der Waals surface area contributed by atoms with E-state index >= 15 is 0 Å². The number of carbonyl (C=O) groups excluding carboxylic acids is 2. The van der Waals surface area contributed by atoms with E-state index in [0.717, 1.165) is 12.8 Å². The number of amides is 3. The van der Waals surface area contributed by atoms with Crippen LogP contribution in [0.15, 0.2) is 22.7 Å². The van der Waals surface area contributed by atoms with E-state index in [2.05, 4.69) is 31.9 Å². The molecule has 2 rings (SSSR count). The molecule has 0 aliphatic heterocycles. The normalized spacial score (nSPS) is 13.4. The molecule has 0 aromatic heterocycles. The summed E-state index contributed by atoms with van der Waals surface area (Å²) >= 11 is 3.21. The molecule has 4 N–H and O–H groups in total. The van der Waals surface area contributed by atoms with E-state index in [0.29, 0.717) is 10.2 Å². The molecule has 0 spiro atoms. The predicted octanol–water partition coefficient (Wildman–Crippen LogP) is 1.55. The van der Waals surface area contributed by atoms with Gasteiger partial charge in [0.15, 0.2) is 0 Å². The molecule has 0 bridgehead atoms. The van der Waals surface area contributed by atoms with Gasteiger partial charge in [-0.2, -0.15) is 0 Å². The fraction of sp³-hybridized carbons (Fsp3) is 0.308. The lowest BCUT2D eigenvalue weighted by molar-refractivity contribution is -0.120. The lowest BCUT2D eigenvalue weighted by Gasteiger charge is -2.10. The van der Waals surface area contributed by atoms with Crippen LogP contribution < -0.4 is 16.0 Å². The van der Waals surface area contributed by atoms with Gasteiger partial charge >= 0.3 is 12.0 Å². The van der Waals surface area contributed by atoms with Crippen LogP contribution in [0.1, 0.15) is 23.2 Å². The van der Waals surface area contributed by atoms with Crippen LogP contribution in [0.2, 0.25) is 0 Å². The van der Waals surface area contributed by atoms with Gasteiger partial charge in [0.2, 0.25) is 5.91 Å². The molecule has 0 heterocycles. The fourth-order valence-electron chi connectivity index (χ4n) is 1.59. The second-order valence-electron chi connectivity index (χ2n) is 4.65. The molecule has 1 aliphatic rings. The number of anilines is 1. The highest BCUT2D eigenvalue weighted by Gasteiger charge is 2.23. The third-order valence-corrected chi connectivity index (χ3v) is 3.50. The Bertz CT molecular complexity index is 587. The molecule has 21 heavy (non-hydrogen) atoms. The standard InChI is InChI=1S/C13H14BrN3O4/c14-9-4-1-7(12(19)20)5-10(9)17-13(21)15-6-11(18)16-8-2-3-8/h1,4-5,8H,2-3,6H2,(H,16,18)(H,19,20)(H2,15,17,21). The maximum absolute atomic E-state index is 11.7. The van der Waals surface area contributed by atoms with Crippen LogP contribution in [0.3, 0.4) is 0 Å². The van der Waals surface area contributed by atoms with Gasteiger partial charge in [0.05, 0.1) is 17.8 Å². The van der Waals surface area contributed by atoms with Crippen molar-refractivity contribution in [2.24, 2.45) is 0 Å². The zero-order chi connectivity index (χ0) is 15.4. The van der Waals surface area contributed by atoms with Crippen molar-refractivity contribution in [3.8, 4) is 0 Å². The summed E-state index contributed by atoms with van der Waals surface area (Å²) in [6.45, 7) is -0.126. The van der Waals surface area contributed by atoms with Crippen molar-refractivity contribution < 1.29 is 19.5 Å². The molecule has 1 aliphatic carbocycles. The number of hydrogen-bond acceptors (Lipinski definition) is 3. The third kappa shape index (κ3) is 4.75. The first kappa shape index (κ1) is 15.3. The minimum Gasteiger partial charge on any atom is -0.478 e. The molecular weight excluding hydrogens is 342 g/mol. The molecule has 1 saturated carbocycles. The van der Waals surface area contributed by atoms with E-state index in [9.17, 15) is 14.4 Å². The Morgan fingerprint density at radius 1 is 1.29 bits per heavy atom. The average Bonchev–Trinajstić information content (AvgIpc) is 3.22. The van der Waals surface area contributed by atoms with Crippen LogP contribution in [-0.4, -0.2) is 35.6 Å². The number of nitrogens with one attached hydrogen (secondary N) is 3. The molecule has 3 amide bonds. The largest absolute Gasteiger partial charge is 0.478 e. The molecule has 0 radical (unpaired) electrons. The summed E-state index contributed by atoms with van der Waals surface area (Å²) in [5, 5.41) is 16.5. The lowest BCUT2D eigenvalue weighted by Crippen LogP contribution is -2.39. The van der Waals surface area contributed by atoms with Crippen molar-refractivity contribution in [3.63, 3.8) is 0 Å². The van der Waals surface area contributed by atoms with E-state index in [1.54, 1.807) is 0 Å². The molecule has 112 valence electrons. The number of aromatic carboxylic acids is 1. The Kier molecular flexibility index (Phi) is 4.79. The highest BCUT2D eigenvalue weighted by Crippen LogP contribution is 2.23. The summed E-state index contributed by atoms with van der Waals surface area (Å²) < 4.78 is 0.546. The van der Waals surface area contributed by atoms with E-state index in [1.165, 1.54) is 18.2 Å². The third-order valence-electron chi connectivity index (χ3n) is 2.81. The molecule has 8 heteroatoms. The highest BCUT2D eigenvalue weighted by atomic mass is 79.9. The number of carbonyl (C=O) groups is 3. The number of urea groups is 1. The number of rotatable bonds is 5. The van der Waals surface area contributed by atoms with Gasteiger partial charge < -0.3 is 21.1 Å². The van der Waals surface area contributed by atoms with Crippen LogP contribution in [0.25, 0.3) is 0 Å². The first-order chi connectivity index (χ1) is 9.95. The minimum absolute atomic E-state index is 0.0555. The molecule has 7 nitrogen and oxygen atoms in total. The molecule has 1 fully saturated rings. The van der Waals surface area contributed by atoms with Gasteiger partial charge in [0.25, 0.3) is 0 Å². The van der Waals surface area contributed by atoms with Gasteiger partial charge in [-0.15, -0.1) is 0 Å². The summed E-state index contributed by atoms with van der Waals surface area (Å²) in [5.41, 5.74) is 0.370. The number of halogens is 1. The van der Waals surface area contributed by atoms with Crippen molar-refractivity contribution in [2.75, 3.05) is 11.9 Å². The van der Waals surface area contributed by atoms with Crippen LogP contribution in [0.4, 0.5) is 10.5 Å². The number of carboxylic acid groups (broad SMARTS) is 1. The van der Waals surface area contributed by atoms with Gasteiger partial charge in [-0.05, 0) is 47.0 Å². The summed E-state index contributed by atoms with van der Waals surface area (Å²) in [6, 6.07) is 3.93. The topological polar surface area (TPSA) is 108 Å². The number of hydrogen-bond donors (Lipinski definition) is 4. The zero-order valence-corrected chi connectivity index (χ0v) is 12.6. The van der Waals surface area contributed by atoms with Crippen LogP contribution in [0.5, 0.6) is 0 Å². The van der Waals surface area contributed by atoms with E-state index in [4.69, 9.17) is 5.11 Å². The van der Waals surface area contributed by atoms with Crippen molar-refractivity contribution >= 4 is 39.5 Å². The zero-order valence-electron chi connectivity index (χ0n) is 11.0. The summed E-state index contributed by atoms with van der Waals surface area (Å²) in [6.07, 6.45) is 1.96. The Balaban J connectivity index is 1.87. The van der Waals surface area contributed by atoms with Crippen molar-refractivity contribution in [3.05, 3.63) is 28.2 Å². The van der Waals surface area contributed by atoms with E-state index < -0.39 is 12.0 Å². The van der Waals surface area contributed by atoms with Crippen LogP contribution in [0, 0.1) is 0 Å². The van der Waals surface area contributed by atoms with Crippen LogP contribution >= 0.6 is 15.9 Å². The summed E-state index contributed by atoms with van der Waals surface area (Å²) in [4.78, 5) is 34.0. The molecule has 1 aromatic carbocycles. The Hall–Kier alpha value is -2.09. The maximum atomic E-state index is 11.7. The molecule has 0 saturated heterocycles. The molecule has 0 atom stereocenters. The molecule has 0 unspecified atom stereocenters. The Morgan fingerprint density at radius 3 is 2.62 bits per heavy atom. The molecule has 1 aromatic rings. The van der Waals surface area contributed by atoms with Gasteiger partial charge in [-0.3, -0.25) is 4.79 Å². The lowest BCUT2D eigenvalue weighted by atomic mass is 10.2. The predicted molar refractivity (Wildman–Crippen MR) is 79.3 cm³/mol. The summed E-state index contributed by atoms with van der Waals surface area (Å²) in [7, 11) is 0. The van der Waals surface area contributed by atoms with Crippen molar-refractivity contribution in [1.82, 2.24) is 10.6 Å². The SMILES string of the molecule is O=C(CNC(=O)Nc1cc(C(=O)O)ccc1Br)NC1CC1. The average molecular weight is 356 g/mol. The second kappa shape index (κ2) is 6.57. The smallest absolute Gasteiger partial charge is 0.335 e. The van der Waals surface area contributed by atoms with Gasteiger partial charge in [0, 0.05) is 10.5 Å². The van der Waals surface area contributed by atoms with Crippen molar-refractivity contribution in [2.45, 2.75) is 18.9 Å². The van der Waals surface area contributed by atoms with Gasteiger partial charge in [0.1, 0.15) is 0 Å². The van der Waals surface area contributed by atoms with Crippen molar-refractivity contribution in [1.29, 1.82) is 0 Å². The van der Waals surface area contributed by atoms with E-state index in [1.807, 2.05) is 0 Å².